The van der Waals surface area contributed by atoms with Crippen molar-refractivity contribution in [2.75, 3.05) is 14.2 Å². The predicted octanol–water partition coefficient (Wildman–Crippen LogP) is 2.13. The van der Waals surface area contributed by atoms with Gasteiger partial charge >= 0.3 is 6.03 Å². The number of nitrogens with zero attached hydrogens (tertiary/aromatic N) is 1. The first-order valence-electron chi connectivity index (χ1n) is 9.51. The molecular weight excluding hydrogens is 362 g/mol. The first-order chi connectivity index (χ1) is 13.3. The van der Waals surface area contributed by atoms with Crippen molar-refractivity contribution in [2.24, 2.45) is 0 Å². The van der Waals surface area contributed by atoms with Crippen LogP contribution >= 0.6 is 0 Å². The molecule has 1 aromatic carbocycles. The molecule has 1 aliphatic carbocycles. The molecule has 1 saturated heterocycles. The highest BCUT2D eigenvalue weighted by Gasteiger charge is 2.54. The normalized spacial score (nSPS) is 20.1. The zero-order chi connectivity index (χ0) is 20.5. The number of amides is 4. The van der Waals surface area contributed by atoms with Gasteiger partial charge < -0.3 is 20.1 Å². The first kappa shape index (κ1) is 20.0. The molecule has 28 heavy (non-hydrogen) atoms. The molecule has 8 heteroatoms. The molecule has 2 atom stereocenters. The van der Waals surface area contributed by atoms with Gasteiger partial charge in [0.05, 0.1) is 20.3 Å². The van der Waals surface area contributed by atoms with Gasteiger partial charge in [-0.2, -0.15) is 0 Å². The Morgan fingerprint density at radius 2 is 1.86 bits per heavy atom. The molecule has 4 amide bonds. The van der Waals surface area contributed by atoms with Crippen LogP contribution in [-0.2, 0) is 9.59 Å². The quantitative estimate of drug-likeness (QED) is 0.727. The van der Waals surface area contributed by atoms with Crippen LogP contribution in [0.15, 0.2) is 18.2 Å². The minimum Gasteiger partial charge on any atom is -0.497 e. The fourth-order valence-corrected chi connectivity index (χ4v) is 4.02. The summed E-state index contributed by atoms with van der Waals surface area (Å²) in [5.41, 5.74) is -0.0514. The van der Waals surface area contributed by atoms with Crippen molar-refractivity contribution in [1.82, 2.24) is 15.5 Å². The lowest BCUT2D eigenvalue weighted by molar-refractivity contribution is -0.138. The van der Waals surface area contributed by atoms with E-state index in [0.717, 1.165) is 23.3 Å². The number of rotatable bonds is 6. The number of carbonyl (C=O) groups is 3. The first-order valence-corrected chi connectivity index (χ1v) is 9.51. The summed E-state index contributed by atoms with van der Waals surface area (Å²) < 4.78 is 10.6. The van der Waals surface area contributed by atoms with Crippen LogP contribution in [0.5, 0.6) is 11.5 Å². The van der Waals surface area contributed by atoms with E-state index in [4.69, 9.17) is 9.47 Å². The number of urea groups is 1. The van der Waals surface area contributed by atoms with Gasteiger partial charge in [-0.05, 0) is 38.8 Å². The maximum absolute atomic E-state index is 12.8. The highest BCUT2D eigenvalue weighted by molar-refractivity contribution is 6.10. The van der Waals surface area contributed by atoms with Gasteiger partial charge in [-0.15, -0.1) is 0 Å². The molecule has 1 aromatic rings. The highest BCUT2D eigenvalue weighted by atomic mass is 16.5. The summed E-state index contributed by atoms with van der Waals surface area (Å²) in [6, 6.07) is 3.56. The van der Waals surface area contributed by atoms with E-state index in [1.54, 1.807) is 33.3 Å². The topological polar surface area (TPSA) is 97.0 Å². The molecule has 3 rings (SSSR count). The zero-order valence-electron chi connectivity index (χ0n) is 16.7. The van der Waals surface area contributed by atoms with E-state index >= 15 is 0 Å². The van der Waals surface area contributed by atoms with E-state index in [9.17, 15) is 14.4 Å². The third kappa shape index (κ3) is 3.39. The summed E-state index contributed by atoms with van der Waals surface area (Å²) in [6.07, 6.45) is 3.05. The molecule has 1 saturated carbocycles. The van der Waals surface area contributed by atoms with Gasteiger partial charge in [0.2, 0.25) is 5.91 Å². The molecule has 0 aromatic heterocycles. The van der Waals surface area contributed by atoms with E-state index in [1.807, 2.05) is 13.0 Å². The smallest absolute Gasteiger partial charge is 0.325 e. The lowest BCUT2D eigenvalue weighted by Crippen LogP contribution is -2.50. The third-order valence-corrected chi connectivity index (χ3v) is 5.68. The van der Waals surface area contributed by atoms with Gasteiger partial charge in [0.15, 0.2) is 0 Å². The second kappa shape index (κ2) is 7.69. The average Bonchev–Trinajstić information content (AvgIpc) is 3.25. The molecule has 1 aliphatic heterocycles. The maximum Gasteiger partial charge on any atom is 0.325 e. The Morgan fingerprint density at radius 3 is 2.46 bits per heavy atom. The van der Waals surface area contributed by atoms with Crippen molar-refractivity contribution in [3.8, 4) is 11.5 Å². The molecule has 152 valence electrons. The second-order valence-corrected chi connectivity index (χ2v) is 7.41. The fourth-order valence-electron chi connectivity index (χ4n) is 4.02. The summed E-state index contributed by atoms with van der Waals surface area (Å²) in [4.78, 5) is 39.1. The Morgan fingerprint density at radius 1 is 1.18 bits per heavy atom. The summed E-state index contributed by atoms with van der Waals surface area (Å²) >= 11 is 0. The highest BCUT2D eigenvalue weighted by Crippen LogP contribution is 2.36. The van der Waals surface area contributed by atoms with Crippen molar-refractivity contribution in [3.05, 3.63) is 23.8 Å². The minimum atomic E-state index is -0.904. The Balaban J connectivity index is 1.72. The van der Waals surface area contributed by atoms with Crippen LogP contribution < -0.4 is 20.1 Å². The molecule has 2 fully saturated rings. The van der Waals surface area contributed by atoms with Gasteiger partial charge in [0, 0.05) is 11.6 Å². The maximum atomic E-state index is 12.8. The summed E-state index contributed by atoms with van der Waals surface area (Å²) in [5.74, 6) is 0.532. The number of imide groups is 1. The SMILES string of the molecule is COc1ccc(C(C)NC(=O)C(C)N2C(=O)NC3(CCCC3)C2=O)c(OC)c1. The van der Waals surface area contributed by atoms with Crippen LogP contribution in [-0.4, -0.2) is 48.5 Å². The minimum absolute atomic E-state index is 0.299. The molecule has 2 unspecified atom stereocenters. The van der Waals surface area contributed by atoms with Crippen molar-refractivity contribution in [3.63, 3.8) is 0 Å². The van der Waals surface area contributed by atoms with Gasteiger partial charge in [-0.25, -0.2) is 9.69 Å². The van der Waals surface area contributed by atoms with E-state index < -0.39 is 23.5 Å². The van der Waals surface area contributed by atoms with E-state index in [2.05, 4.69) is 10.6 Å². The van der Waals surface area contributed by atoms with E-state index in [1.165, 1.54) is 0 Å². The molecule has 1 heterocycles. The number of carbonyl (C=O) groups excluding carboxylic acids is 3. The number of benzene rings is 1. The Labute approximate surface area is 164 Å². The third-order valence-electron chi connectivity index (χ3n) is 5.68. The number of ether oxygens (including phenoxy) is 2. The van der Waals surface area contributed by atoms with Crippen LogP contribution in [0.1, 0.15) is 51.1 Å². The predicted molar refractivity (Wildman–Crippen MR) is 102 cm³/mol. The van der Waals surface area contributed by atoms with Crippen molar-refractivity contribution in [1.29, 1.82) is 0 Å². The summed E-state index contributed by atoms with van der Waals surface area (Å²) in [6.45, 7) is 3.39. The second-order valence-electron chi connectivity index (χ2n) is 7.41. The number of methoxy groups -OCH3 is 2. The van der Waals surface area contributed by atoms with E-state index in [-0.39, 0.29) is 11.9 Å². The van der Waals surface area contributed by atoms with Crippen LogP contribution in [0, 0.1) is 0 Å². The largest absolute Gasteiger partial charge is 0.497 e. The lowest BCUT2D eigenvalue weighted by atomic mass is 9.97. The number of nitrogens with one attached hydrogen (secondary N) is 2. The van der Waals surface area contributed by atoms with Gasteiger partial charge in [0.25, 0.3) is 5.91 Å². The molecule has 0 bridgehead atoms. The molecule has 1 spiro atoms. The molecule has 2 aliphatic rings. The molecule has 0 radical (unpaired) electrons. The van der Waals surface area contributed by atoms with Crippen LogP contribution in [0.4, 0.5) is 4.79 Å². The van der Waals surface area contributed by atoms with Crippen molar-refractivity contribution < 1.29 is 23.9 Å². The Hall–Kier alpha value is -2.77. The van der Waals surface area contributed by atoms with Gasteiger partial charge in [0.1, 0.15) is 23.1 Å². The van der Waals surface area contributed by atoms with Gasteiger partial charge in [-0.1, -0.05) is 12.8 Å². The summed E-state index contributed by atoms with van der Waals surface area (Å²) in [5, 5.41) is 5.68. The van der Waals surface area contributed by atoms with Crippen LogP contribution in [0.25, 0.3) is 0 Å². The number of hydrogen-bond acceptors (Lipinski definition) is 5. The van der Waals surface area contributed by atoms with Crippen LogP contribution in [0.2, 0.25) is 0 Å². The standard InChI is InChI=1S/C20H27N3O5/c1-12(15-8-7-14(27-3)11-16(15)28-4)21-17(24)13(2)23-18(25)20(22-19(23)26)9-5-6-10-20/h7-8,11-13H,5-6,9-10H2,1-4H3,(H,21,24)(H,22,26). The zero-order valence-corrected chi connectivity index (χ0v) is 16.7. The summed E-state index contributed by atoms with van der Waals surface area (Å²) in [7, 11) is 3.11. The van der Waals surface area contributed by atoms with E-state index in [0.29, 0.717) is 24.3 Å². The molecule has 2 N–H and O–H groups in total. The molecular formula is C20H27N3O5. The monoisotopic (exact) mass is 389 g/mol. The van der Waals surface area contributed by atoms with Crippen LogP contribution in [0.3, 0.4) is 0 Å². The Kier molecular flexibility index (Phi) is 5.49. The van der Waals surface area contributed by atoms with Crippen molar-refractivity contribution >= 4 is 17.8 Å². The van der Waals surface area contributed by atoms with Crippen molar-refractivity contribution in [2.45, 2.75) is 57.2 Å². The number of hydrogen-bond donors (Lipinski definition) is 2. The fraction of sp³-hybridized carbons (Fsp3) is 0.550. The molecule has 8 nitrogen and oxygen atoms in total. The Bertz CT molecular complexity index is 788. The average molecular weight is 389 g/mol. The van der Waals surface area contributed by atoms with Gasteiger partial charge in [-0.3, -0.25) is 9.59 Å². The lowest BCUT2D eigenvalue weighted by Gasteiger charge is -2.25.